The maximum Gasteiger partial charge on any atom is 0.0462 e. The van der Waals surface area contributed by atoms with Crippen molar-refractivity contribution in [2.45, 2.75) is 25.7 Å². The summed E-state index contributed by atoms with van der Waals surface area (Å²) < 4.78 is 5.14. The Morgan fingerprint density at radius 3 is 2.67 bits per heavy atom. The maximum atomic E-state index is 5.14. The van der Waals surface area contributed by atoms with Crippen LogP contribution in [0.25, 0.3) is 12.2 Å². The van der Waals surface area contributed by atoms with Crippen LogP contribution in [0.1, 0.15) is 40.7 Å². The molecule has 0 spiro atoms. The quantitative estimate of drug-likeness (QED) is 0.613. The fourth-order valence-corrected chi connectivity index (χ4v) is 3.05. The Morgan fingerprint density at radius 1 is 0.905 bits per heavy atom. The molecule has 1 aliphatic rings. The van der Waals surface area contributed by atoms with Crippen LogP contribution in [0.4, 0.5) is 0 Å². The van der Waals surface area contributed by atoms with Crippen LogP contribution < -0.4 is 0 Å². The van der Waals surface area contributed by atoms with Gasteiger partial charge < -0.3 is 4.74 Å². The molecule has 0 fully saturated rings. The first-order valence-electron chi connectivity index (χ1n) is 7.74. The Bertz CT molecular complexity index is 640. The molecule has 1 nitrogen and oxygen atoms in total. The second-order valence-corrected chi connectivity index (χ2v) is 5.65. The summed E-state index contributed by atoms with van der Waals surface area (Å²) in [7, 11) is 1.77. The Hall–Kier alpha value is -1.86. The van der Waals surface area contributed by atoms with E-state index in [1.54, 1.807) is 7.11 Å². The van der Waals surface area contributed by atoms with Crippen molar-refractivity contribution in [3.63, 3.8) is 0 Å². The number of unbranched alkanes of at least 4 members (excludes halogenated alkanes) is 1. The normalized spacial score (nSPS) is 12.6. The van der Waals surface area contributed by atoms with Gasteiger partial charge in [0.05, 0.1) is 0 Å². The summed E-state index contributed by atoms with van der Waals surface area (Å²) >= 11 is 0. The molecule has 0 amide bonds. The van der Waals surface area contributed by atoms with Gasteiger partial charge in [-0.2, -0.15) is 0 Å². The van der Waals surface area contributed by atoms with Crippen molar-refractivity contribution < 1.29 is 4.74 Å². The van der Waals surface area contributed by atoms with Gasteiger partial charge in [0, 0.05) is 13.7 Å². The zero-order valence-electron chi connectivity index (χ0n) is 12.6. The van der Waals surface area contributed by atoms with Crippen molar-refractivity contribution >= 4 is 12.2 Å². The highest BCUT2D eigenvalue weighted by atomic mass is 16.5. The highest BCUT2D eigenvalue weighted by Gasteiger charge is 2.11. The highest BCUT2D eigenvalue weighted by molar-refractivity contribution is 5.76. The number of rotatable bonds is 5. The van der Waals surface area contributed by atoms with E-state index in [9.17, 15) is 0 Å². The number of fused-ring (bicyclic) bond motifs is 2. The predicted molar refractivity (Wildman–Crippen MR) is 89.4 cm³/mol. The zero-order chi connectivity index (χ0) is 14.5. The summed E-state index contributed by atoms with van der Waals surface area (Å²) in [6.07, 6.45) is 9.04. The molecule has 2 aromatic rings. The molecular formula is C20H22O. The van der Waals surface area contributed by atoms with Gasteiger partial charge in [-0.15, -0.1) is 0 Å². The van der Waals surface area contributed by atoms with E-state index < -0.39 is 0 Å². The molecule has 0 heterocycles. The molecule has 0 bridgehead atoms. The lowest BCUT2D eigenvalue weighted by Crippen LogP contribution is -1.98. The fraction of sp³-hybridized carbons (Fsp3) is 0.300. The highest BCUT2D eigenvalue weighted by Crippen LogP contribution is 2.27. The molecule has 0 atom stereocenters. The van der Waals surface area contributed by atoms with Gasteiger partial charge in [0.2, 0.25) is 0 Å². The van der Waals surface area contributed by atoms with E-state index in [4.69, 9.17) is 4.74 Å². The molecule has 0 unspecified atom stereocenters. The molecule has 0 saturated heterocycles. The van der Waals surface area contributed by atoms with Gasteiger partial charge in [-0.1, -0.05) is 54.6 Å². The van der Waals surface area contributed by atoms with Crippen LogP contribution in [0.5, 0.6) is 0 Å². The van der Waals surface area contributed by atoms with Crippen molar-refractivity contribution in [1.29, 1.82) is 0 Å². The van der Waals surface area contributed by atoms with Crippen molar-refractivity contribution in [2.24, 2.45) is 0 Å². The second-order valence-electron chi connectivity index (χ2n) is 5.65. The zero-order valence-corrected chi connectivity index (χ0v) is 12.6. The molecule has 1 aliphatic carbocycles. The number of aryl methyl sites for hydroxylation is 1. The molecule has 3 rings (SSSR count). The number of methoxy groups -OCH3 is 1. The van der Waals surface area contributed by atoms with Crippen molar-refractivity contribution in [2.75, 3.05) is 13.7 Å². The van der Waals surface area contributed by atoms with Crippen LogP contribution in [0.3, 0.4) is 0 Å². The minimum atomic E-state index is 0.857. The van der Waals surface area contributed by atoms with Gasteiger partial charge in [0.1, 0.15) is 0 Å². The molecule has 0 aliphatic heterocycles. The predicted octanol–water partition coefficient (Wildman–Crippen LogP) is 4.73. The molecule has 0 N–H and O–H groups in total. The monoisotopic (exact) mass is 278 g/mol. The molecule has 0 saturated carbocycles. The van der Waals surface area contributed by atoms with Crippen LogP contribution in [0.2, 0.25) is 0 Å². The van der Waals surface area contributed by atoms with Gasteiger partial charge in [-0.3, -0.25) is 0 Å². The molecule has 2 aromatic carbocycles. The SMILES string of the molecule is COCCCCc1cccc2c1C=Cc1ccccc1C2. The van der Waals surface area contributed by atoms with E-state index in [0.29, 0.717) is 0 Å². The summed E-state index contributed by atoms with van der Waals surface area (Å²) in [5.41, 5.74) is 7.10. The first-order valence-corrected chi connectivity index (χ1v) is 7.74. The molecule has 0 aromatic heterocycles. The van der Waals surface area contributed by atoms with E-state index in [0.717, 1.165) is 25.9 Å². The molecule has 0 radical (unpaired) electrons. The van der Waals surface area contributed by atoms with Crippen molar-refractivity contribution in [3.8, 4) is 0 Å². The lowest BCUT2D eigenvalue weighted by Gasteiger charge is -2.11. The van der Waals surface area contributed by atoms with Gasteiger partial charge in [-0.05, 0) is 53.5 Å². The van der Waals surface area contributed by atoms with E-state index in [1.807, 2.05) is 0 Å². The van der Waals surface area contributed by atoms with Crippen molar-refractivity contribution in [3.05, 3.63) is 70.3 Å². The van der Waals surface area contributed by atoms with Crippen LogP contribution in [-0.4, -0.2) is 13.7 Å². The van der Waals surface area contributed by atoms with Crippen LogP contribution in [0, 0.1) is 0 Å². The summed E-state index contributed by atoms with van der Waals surface area (Å²) in [4.78, 5) is 0. The number of benzene rings is 2. The molecular weight excluding hydrogens is 256 g/mol. The third kappa shape index (κ3) is 3.25. The van der Waals surface area contributed by atoms with Crippen LogP contribution in [0.15, 0.2) is 42.5 Å². The van der Waals surface area contributed by atoms with Crippen LogP contribution in [-0.2, 0) is 17.6 Å². The summed E-state index contributed by atoms with van der Waals surface area (Å²) in [6.45, 7) is 0.857. The maximum absolute atomic E-state index is 5.14. The Morgan fingerprint density at radius 2 is 1.76 bits per heavy atom. The molecule has 1 heteroatoms. The molecule has 108 valence electrons. The number of ether oxygens (including phenoxy) is 1. The minimum Gasteiger partial charge on any atom is -0.385 e. The third-order valence-corrected chi connectivity index (χ3v) is 4.20. The number of hydrogen-bond donors (Lipinski definition) is 0. The lowest BCUT2D eigenvalue weighted by molar-refractivity contribution is 0.193. The standard InChI is InChI=1S/C20H22O/c1-21-14-5-4-8-17-10-6-11-19-15-18-9-3-2-7-16(18)12-13-20(17)19/h2-3,6-7,9-13H,4-5,8,14-15H2,1H3. The second kappa shape index (κ2) is 6.73. The van der Waals surface area contributed by atoms with Gasteiger partial charge in [0.15, 0.2) is 0 Å². The largest absolute Gasteiger partial charge is 0.385 e. The average molecular weight is 278 g/mol. The van der Waals surface area contributed by atoms with E-state index in [2.05, 4.69) is 54.6 Å². The first-order chi connectivity index (χ1) is 10.4. The summed E-state index contributed by atoms with van der Waals surface area (Å²) in [5.74, 6) is 0. The summed E-state index contributed by atoms with van der Waals surface area (Å²) in [6, 6.07) is 15.4. The molecule has 21 heavy (non-hydrogen) atoms. The van der Waals surface area contributed by atoms with Crippen molar-refractivity contribution in [1.82, 2.24) is 0 Å². The lowest BCUT2D eigenvalue weighted by atomic mass is 9.94. The Balaban J connectivity index is 1.85. The van der Waals surface area contributed by atoms with Gasteiger partial charge in [-0.25, -0.2) is 0 Å². The van der Waals surface area contributed by atoms with E-state index >= 15 is 0 Å². The van der Waals surface area contributed by atoms with Gasteiger partial charge >= 0.3 is 0 Å². The Labute approximate surface area is 127 Å². The van der Waals surface area contributed by atoms with E-state index in [-0.39, 0.29) is 0 Å². The first kappa shape index (κ1) is 14.1. The topological polar surface area (TPSA) is 9.23 Å². The smallest absolute Gasteiger partial charge is 0.0462 e. The third-order valence-electron chi connectivity index (χ3n) is 4.20. The van der Waals surface area contributed by atoms with Crippen LogP contribution >= 0.6 is 0 Å². The van der Waals surface area contributed by atoms with Gasteiger partial charge in [0.25, 0.3) is 0 Å². The Kier molecular flexibility index (Phi) is 4.52. The summed E-state index contributed by atoms with van der Waals surface area (Å²) in [5, 5.41) is 0. The fourth-order valence-electron chi connectivity index (χ4n) is 3.05. The van der Waals surface area contributed by atoms with E-state index in [1.165, 1.54) is 34.2 Å². The average Bonchev–Trinajstić information content (AvgIpc) is 2.71. The minimum absolute atomic E-state index is 0.857. The number of hydrogen-bond acceptors (Lipinski definition) is 1.